The molecule has 0 atom stereocenters. The topological polar surface area (TPSA) is 417 Å². The Hall–Kier alpha value is -17.6. The highest BCUT2D eigenvalue weighted by molar-refractivity contribution is 5.64. The van der Waals surface area contributed by atoms with Crippen molar-refractivity contribution in [2.75, 3.05) is 5.32 Å². The Morgan fingerprint density at radius 3 is 1.08 bits per heavy atom. The molecule has 0 spiro atoms. The number of hydrogen-bond acceptors (Lipinski definition) is 30. The van der Waals surface area contributed by atoms with Gasteiger partial charge in [0.2, 0.25) is 29.1 Å². The summed E-state index contributed by atoms with van der Waals surface area (Å²) in [6.45, 7) is 3.86. The molecule has 19 rings (SSSR count). The number of nitro groups is 1. The monoisotopic (exact) mass is 1560 g/mol. The van der Waals surface area contributed by atoms with Crippen LogP contribution in [0.15, 0.2) is 329 Å². The second-order valence-corrected chi connectivity index (χ2v) is 24.4. The molecule has 0 aliphatic heterocycles. The summed E-state index contributed by atoms with van der Waals surface area (Å²) in [6.07, 6.45) is 18.6. The van der Waals surface area contributed by atoms with Gasteiger partial charge in [-0.3, -0.25) is 55.0 Å². The molecule has 0 amide bonds. The van der Waals surface area contributed by atoms with Gasteiger partial charge in [0, 0.05) is 85.7 Å². The lowest BCUT2D eigenvalue weighted by atomic mass is 10.2. The Bertz CT molecular complexity index is 6250. The van der Waals surface area contributed by atoms with Gasteiger partial charge in [-0.2, -0.15) is 0 Å². The summed E-state index contributed by atoms with van der Waals surface area (Å²) in [5.41, 5.74) is 10.5. The van der Waals surface area contributed by atoms with Crippen molar-refractivity contribution in [3.63, 3.8) is 0 Å². The summed E-state index contributed by atoms with van der Waals surface area (Å²) in [5, 5.41) is 76.1. The van der Waals surface area contributed by atoms with Gasteiger partial charge < -0.3 is 19.5 Å². The summed E-state index contributed by atoms with van der Waals surface area (Å²) >= 11 is 0. The molecule has 36 heteroatoms. The third kappa shape index (κ3) is 20.1. The summed E-state index contributed by atoms with van der Waals surface area (Å²) in [7, 11) is 0. The highest BCUT2D eigenvalue weighted by Crippen LogP contribution is 2.29. The molecule has 0 saturated carbocycles. The second-order valence-electron chi connectivity index (χ2n) is 24.4. The van der Waals surface area contributed by atoms with E-state index in [1.807, 2.05) is 238 Å². The number of non-ortho nitro benzene ring substituents is 1. The maximum atomic E-state index is 10.7. The quantitative estimate of drug-likeness (QED) is 0.0580. The van der Waals surface area contributed by atoms with Gasteiger partial charge in [0.1, 0.15) is 63.0 Å². The molecule has 19 aromatic rings. The molecule has 36 nitrogen and oxygen atoms in total. The summed E-state index contributed by atoms with van der Waals surface area (Å²) in [4.78, 5) is 54.9. The Balaban J connectivity index is 0.000000116. The summed E-state index contributed by atoms with van der Waals surface area (Å²) < 4.78 is 17.4. The van der Waals surface area contributed by atoms with Gasteiger partial charge >= 0.3 is 0 Å². The van der Waals surface area contributed by atoms with Gasteiger partial charge in [-0.1, -0.05) is 54.6 Å². The van der Waals surface area contributed by atoms with E-state index in [0.717, 1.165) is 45.5 Å². The first-order valence-corrected chi connectivity index (χ1v) is 35.8. The van der Waals surface area contributed by atoms with Gasteiger partial charge in [-0.25, -0.2) is 0 Å². The van der Waals surface area contributed by atoms with Gasteiger partial charge in [-0.05, 0) is 222 Å². The van der Waals surface area contributed by atoms with Crippen LogP contribution in [0, 0.1) is 24.0 Å². The predicted molar refractivity (Wildman–Crippen MR) is 429 cm³/mol. The number of anilines is 2. The van der Waals surface area contributed by atoms with Crippen LogP contribution in [0.4, 0.5) is 17.1 Å². The number of nitro benzene ring substituents is 1. The van der Waals surface area contributed by atoms with Crippen LogP contribution < -0.4 is 19.5 Å². The molecule has 0 radical (unpaired) electrons. The maximum absolute atomic E-state index is 10.7. The molecule has 0 fully saturated rings. The average Bonchev–Trinajstić information content (AvgIpc) is 1.79. The fraction of sp³-hybridized carbons (Fsp3) is 0.0244. The number of nitrogens with one attached hydrogen (secondary N) is 1. The van der Waals surface area contributed by atoms with Crippen molar-refractivity contribution in [2.45, 2.75) is 13.8 Å². The summed E-state index contributed by atoms with van der Waals surface area (Å²) in [6, 6.07) is 78.7. The highest BCUT2D eigenvalue weighted by Gasteiger charge is 2.17. The number of hydrogen-bond donors (Lipinski definition) is 1. The van der Waals surface area contributed by atoms with Gasteiger partial charge in [0.05, 0.1) is 62.8 Å². The zero-order chi connectivity index (χ0) is 80.5. The first-order valence-electron chi connectivity index (χ1n) is 35.8. The Morgan fingerprint density at radius 2 is 0.669 bits per heavy atom. The molecule has 1 N–H and O–H groups in total. The first kappa shape index (κ1) is 75.8. The lowest BCUT2D eigenvalue weighted by Crippen LogP contribution is -2.01. The van der Waals surface area contributed by atoms with E-state index < -0.39 is 4.92 Å². The predicted octanol–water partition coefficient (Wildman–Crippen LogP) is 13.8. The molecular formula is C82H61N31O5. The van der Waals surface area contributed by atoms with E-state index in [0.29, 0.717) is 97.8 Å². The smallest absolute Gasteiger partial charge is 0.271 e. The number of tetrazole rings is 5. The molecule has 118 heavy (non-hydrogen) atoms. The molecule has 574 valence electrons. The SMILES string of the molecule is Cc1ncccc1Nc1cccc(-n2nnc(-c3ccccn3)n2)c1.Cc1ncccc1Oc1cccc(-n2nnc(-c3ccccn3)n2)c1.O=[N+]([O-])c1cccc(-n2nnc(-c3ccccn3)n2)c1.c1ccc(-c2nnn(-c3ccc(Oc4cccnc4)cc3)n2)nc1.c1ccc(-c2nnn(-c3cccc(Oc4cccnc4)c3)n2)nc1. The minimum atomic E-state index is -0.472. The highest BCUT2D eigenvalue weighted by atomic mass is 16.6. The Kier molecular flexibility index (Phi) is 24.0. The second kappa shape index (κ2) is 37.4. The lowest BCUT2D eigenvalue weighted by Gasteiger charge is -2.09. The molecule has 0 unspecified atom stereocenters. The maximum Gasteiger partial charge on any atom is 0.271 e. The van der Waals surface area contributed by atoms with Crippen molar-refractivity contribution in [2.24, 2.45) is 0 Å². The van der Waals surface area contributed by atoms with Crippen LogP contribution in [-0.2, 0) is 0 Å². The van der Waals surface area contributed by atoms with Crippen molar-refractivity contribution < 1.29 is 19.1 Å². The van der Waals surface area contributed by atoms with Gasteiger partial charge in [-0.15, -0.1) is 75.0 Å². The number of benzene rings is 5. The minimum absolute atomic E-state index is 0.0285. The number of rotatable bonds is 19. The Morgan fingerprint density at radius 1 is 0.305 bits per heavy atom. The molecule has 0 saturated heterocycles. The van der Waals surface area contributed by atoms with Crippen LogP contribution in [0.1, 0.15) is 11.4 Å². The normalized spacial score (nSPS) is 10.5. The number of aromatic nitrogens is 29. The standard InChI is InChI=1S/C18H15N7.C18H14N6O.2C17H12N6O.C12H8N6O2/c1-13-16(9-5-11-19-13)21-14-6-4-7-15(12-14)25-23-18(22-24-25)17-8-2-3-10-20-17;1-13-17(9-5-11-19-13)25-15-7-4-6-14(12-15)24-22-18(21-23-24)16-8-2-3-10-20-16;1-2-10-19-16(8-1)17-20-22-23(21-17)13-5-3-6-14(11-13)24-15-7-4-9-18-12-15;1-2-11-19-16(5-1)17-20-22-23(21-17)13-6-8-14(9-7-13)24-15-4-3-10-18-12-15;19-18(20)10-5-3-4-9(8-10)17-15-12(14-16-17)11-6-1-2-7-13-11/h2-12,21H,1H3;2-12H,1H3;2*1-12H;1-8H. The molecule has 5 aromatic carbocycles. The van der Waals surface area contributed by atoms with E-state index in [1.54, 1.807) is 92.4 Å². The minimum Gasteiger partial charge on any atom is -0.456 e. The number of aryl methyl sites for hydroxylation is 2. The molecule has 14 heterocycles. The van der Waals surface area contributed by atoms with Crippen molar-refractivity contribution in [1.82, 2.24) is 146 Å². The van der Waals surface area contributed by atoms with Crippen molar-refractivity contribution in [3.8, 4) is 121 Å². The molecule has 0 bridgehead atoms. The van der Waals surface area contributed by atoms with Crippen LogP contribution >= 0.6 is 0 Å². The zero-order valence-electron chi connectivity index (χ0n) is 62.1. The summed E-state index contributed by atoms with van der Waals surface area (Å²) in [5.74, 6) is 6.35. The molecule has 0 aliphatic carbocycles. The van der Waals surface area contributed by atoms with Crippen molar-refractivity contribution in [1.29, 1.82) is 0 Å². The molecule has 14 aromatic heterocycles. The van der Waals surface area contributed by atoms with E-state index in [-0.39, 0.29) is 5.69 Å². The first-order chi connectivity index (χ1) is 58.1. The van der Waals surface area contributed by atoms with E-state index in [9.17, 15) is 10.1 Å². The fourth-order valence-electron chi connectivity index (χ4n) is 10.6. The number of pyridine rings is 9. The van der Waals surface area contributed by atoms with Gasteiger partial charge in [0.15, 0.2) is 0 Å². The van der Waals surface area contributed by atoms with Crippen LogP contribution in [0.25, 0.3) is 86.0 Å². The van der Waals surface area contributed by atoms with Crippen molar-refractivity contribution >= 4 is 17.1 Å². The van der Waals surface area contributed by atoms with Gasteiger partial charge in [0.25, 0.3) is 5.69 Å². The van der Waals surface area contributed by atoms with Crippen LogP contribution in [0.2, 0.25) is 0 Å². The third-order valence-electron chi connectivity index (χ3n) is 16.3. The number of ether oxygens (including phenoxy) is 3. The zero-order valence-corrected chi connectivity index (χ0v) is 62.1. The van der Waals surface area contributed by atoms with Crippen LogP contribution in [0.5, 0.6) is 34.5 Å². The van der Waals surface area contributed by atoms with E-state index >= 15 is 0 Å². The van der Waals surface area contributed by atoms with E-state index in [4.69, 9.17) is 14.2 Å². The molecular weight excluding hydrogens is 1500 g/mol. The fourth-order valence-corrected chi connectivity index (χ4v) is 10.6. The third-order valence-corrected chi connectivity index (χ3v) is 16.3. The van der Waals surface area contributed by atoms with Crippen LogP contribution in [0.3, 0.4) is 0 Å². The van der Waals surface area contributed by atoms with Crippen molar-refractivity contribution in [3.05, 3.63) is 351 Å². The average molecular weight is 1560 g/mol. The van der Waals surface area contributed by atoms with E-state index in [2.05, 4.69) is 127 Å². The van der Waals surface area contributed by atoms with E-state index in [1.165, 1.54) is 36.1 Å². The largest absolute Gasteiger partial charge is 0.456 e. The Labute approximate surface area is 669 Å². The lowest BCUT2D eigenvalue weighted by molar-refractivity contribution is -0.384. The molecule has 0 aliphatic rings. The number of nitrogens with zero attached hydrogens (tertiary/aromatic N) is 30. The van der Waals surface area contributed by atoms with Crippen LogP contribution in [-0.4, -0.2) is 151 Å².